The Labute approximate surface area is 326 Å². The minimum atomic E-state index is -0.447. The number of benzene rings is 3. The topological polar surface area (TPSA) is 132 Å². The van der Waals surface area contributed by atoms with Crippen molar-refractivity contribution >= 4 is 52.3 Å². The summed E-state index contributed by atoms with van der Waals surface area (Å²) in [4.78, 5) is 30.9. The van der Waals surface area contributed by atoms with Gasteiger partial charge in [0.2, 0.25) is 0 Å². The van der Waals surface area contributed by atoms with Crippen molar-refractivity contribution in [2.24, 2.45) is 0 Å². The number of hydrogen-bond acceptors (Lipinski definition) is 6. The van der Waals surface area contributed by atoms with Gasteiger partial charge in [-0.15, -0.1) is 5.69 Å². The van der Waals surface area contributed by atoms with Gasteiger partial charge in [0.1, 0.15) is 5.75 Å². The first-order chi connectivity index (χ1) is 24.0. The Kier molecular flexibility index (Phi) is 16.7. The zero-order chi connectivity index (χ0) is 36.4. The number of ether oxygens (including phenoxy) is 1. The van der Waals surface area contributed by atoms with E-state index in [1.165, 1.54) is 12.1 Å². The molecule has 0 saturated heterocycles. The first-order valence-electron chi connectivity index (χ1n) is 16.6. The summed E-state index contributed by atoms with van der Waals surface area (Å²) in [5, 5.41) is 24.2. The smallest absolute Gasteiger partial charge is 0.274 e. The van der Waals surface area contributed by atoms with Crippen LogP contribution in [-0.2, 0) is 31.5 Å². The Morgan fingerprint density at radius 2 is 1.59 bits per heavy atom. The Morgan fingerprint density at radius 1 is 0.941 bits per heavy atom. The molecule has 1 atom stereocenters. The fourth-order valence-electron chi connectivity index (χ4n) is 5.72. The SMILES string of the molecule is CCCCN(CCCC)C(=O)c1cc(C)n(-c2ccc([NH-])cc2C(=O)N2Cc3ccccc3C[C@H]2CO)n1.OCOc1cc(Cl)c(Cl)cc1Cl.[V]. The molecule has 0 saturated carbocycles. The van der Waals surface area contributed by atoms with Crippen molar-refractivity contribution in [2.45, 2.75) is 65.5 Å². The van der Waals surface area contributed by atoms with Crippen LogP contribution in [0.5, 0.6) is 5.75 Å². The molecule has 3 aromatic carbocycles. The van der Waals surface area contributed by atoms with Gasteiger partial charge in [0.25, 0.3) is 11.8 Å². The van der Waals surface area contributed by atoms with Crippen molar-refractivity contribution in [2.75, 3.05) is 26.5 Å². The third-order valence-electron chi connectivity index (χ3n) is 8.43. The van der Waals surface area contributed by atoms with Gasteiger partial charge in [-0.2, -0.15) is 5.10 Å². The number of fused-ring (bicyclic) bond motifs is 1. The average molecular weight is 795 g/mol. The Morgan fingerprint density at radius 3 is 2.22 bits per heavy atom. The van der Waals surface area contributed by atoms with E-state index >= 15 is 0 Å². The number of amides is 2. The molecule has 51 heavy (non-hydrogen) atoms. The van der Waals surface area contributed by atoms with Gasteiger partial charge < -0.3 is 30.5 Å². The van der Waals surface area contributed by atoms with Crippen LogP contribution in [0.15, 0.2) is 60.7 Å². The van der Waals surface area contributed by atoms with Crippen molar-refractivity contribution in [3.05, 3.63) is 110 Å². The predicted molar refractivity (Wildman–Crippen MR) is 198 cm³/mol. The largest absolute Gasteiger partial charge is 0.699 e. The number of aromatic nitrogens is 2. The third-order valence-corrected chi connectivity index (χ3v) is 9.45. The zero-order valence-electron chi connectivity index (χ0n) is 28.9. The monoisotopic (exact) mass is 793 g/mol. The Hall–Kier alpha value is -3.22. The second-order valence-corrected chi connectivity index (χ2v) is 13.2. The fourth-order valence-corrected chi connectivity index (χ4v) is 6.31. The van der Waals surface area contributed by atoms with Crippen LogP contribution in [0.1, 0.15) is 77.2 Å². The van der Waals surface area contributed by atoms with E-state index in [-0.39, 0.29) is 48.7 Å². The number of unbranched alkanes of at least 4 members (excludes halogenated alkanes) is 2. The van der Waals surface area contributed by atoms with Crippen molar-refractivity contribution in [3.8, 4) is 11.4 Å². The number of nitrogens with one attached hydrogen (secondary N) is 1. The molecule has 10 nitrogen and oxygen atoms in total. The van der Waals surface area contributed by atoms with Crippen LogP contribution >= 0.6 is 34.8 Å². The molecule has 5 rings (SSSR count). The van der Waals surface area contributed by atoms with Gasteiger partial charge in [0, 0.05) is 50.0 Å². The van der Waals surface area contributed by atoms with Crippen molar-refractivity contribution < 1.29 is 43.1 Å². The molecule has 2 amide bonds. The molecule has 0 aliphatic carbocycles. The maximum atomic E-state index is 13.9. The summed E-state index contributed by atoms with van der Waals surface area (Å²) in [7, 11) is 0. The van der Waals surface area contributed by atoms with Gasteiger partial charge in [-0.25, -0.2) is 4.68 Å². The number of carbonyl (C=O) groups is 2. The van der Waals surface area contributed by atoms with Crippen LogP contribution in [0.25, 0.3) is 11.4 Å². The maximum Gasteiger partial charge on any atom is 0.274 e. The van der Waals surface area contributed by atoms with Crippen LogP contribution in [-0.4, -0.2) is 74.1 Å². The van der Waals surface area contributed by atoms with Gasteiger partial charge >= 0.3 is 0 Å². The minimum absolute atomic E-state index is 0. The van der Waals surface area contributed by atoms with Gasteiger partial charge in [-0.1, -0.05) is 97.9 Å². The third kappa shape index (κ3) is 10.7. The molecule has 1 aliphatic heterocycles. The molecular weight excluding hydrogens is 752 g/mol. The second-order valence-electron chi connectivity index (χ2n) is 12.0. The number of halogens is 3. The molecule has 0 bridgehead atoms. The van der Waals surface area contributed by atoms with E-state index in [9.17, 15) is 14.7 Å². The van der Waals surface area contributed by atoms with E-state index in [0.29, 0.717) is 63.8 Å². The summed E-state index contributed by atoms with van der Waals surface area (Å²) < 4.78 is 6.38. The molecule has 273 valence electrons. The second kappa shape index (κ2) is 20.1. The van der Waals surface area contributed by atoms with Crippen LogP contribution in [0, 0.1) is 6.92 Å². The molecule has 2 heterocycles. The molecule has 0 unspecified atom stereocenters. The van der Waals surface area contributed by atoms with E-state index in [1.54, 1.807) is 33.8 Å². The summed E-state index contributed by atoms with van der Waals surface area (Å²) in [6.45, 7) is 7.25. The number of carbonyl (C=O) groups excluding carboxylic acids is 2. The van der Waals surface area contributed by atoms with E-state index in [4.69, 9.17) is 50.4 Å². The molecule has 0 fully saturated rings. The summed E-state index contributed by atoms with van der Waals surface area (Å²) in [5.74, 6) is -0.0572. The van der Waals surface area contributed by atoms with E-state index < -0.39 is 6.79 Å². The maximum absolute atomic E-state index is 13.9. The summed E-state index contributed by atoms with van der Waals surface area (Å²) in [6.07, 6.45) is 4.45. The summed E-state index contributed by atoms with van der Waals surface area (Å²) >= 11 is 17.0. The number of hydrogen-bond donors (Lipinski definition) is 2. The minimum Gasteiger partial charge on any atom is -0.699 e. The first kappa shape index (κ1) is 42.2. The van der Waals surface area contributed by atoms with E-state index in [0.717, 1.165) is 42.5 Å². The molecular formula is C37H43Cl3N5O5V-. The fraction of sp³-hybridized carbons (Fsp3) is 0.378. The van der Waals surface area contributed by atoms with Crippen LogP contribution in [0.3, 0.4) is 0 Å². The Balaban J connectivity index is 0.000000459. The van der Waals surface area contributed by atoms with Crippen LogP contribution in [0.4, 0.5) is 5.69 Å². The molecule has 14 heteroatoms. The van der Waals surface area contributed by atoms with Gasteiger partial charge in [-0.3, -0.25) is 9.59 Å². The van der Waals surface area contributed by atoms with E-state index in [1.807, 2.05) is 36.1 Å². The molecule has 1 aliphatic rings. The van der Waals surface area contributed by atoms with Gasteiger partial charge in [0.05, 0.1) is 39.0 Å². The quantitative estimate of drug-likeness (QED) is 0.109. The van der Waals surface area contributed by atoms with Crippen molar-refractivity contribution in [1.29, 1.82) is 0 Å². The number of rotatable bonds is 12. The number of aliphatic hydroxyl groups is 2. The van der Waals surface area contributed by atoms with Crippen molar-refractivity contribution in [3.63, 3.8) is 0 Å². The van der Waals surface area contributed by atoms with Crippen LogP contribution in [0.2, 0.25) is 15.1 Å². The number of aryl methyl sites for hydroxylation is 1. The standard InChI is InChI=1S/C30H38N5O3.C7H5Cl3O2.V/c1-4-6-14-33(15-7-5-2)30(38)27-16-21(3)35(32-27)28-13-12-24(31)18-26(28)29(37)34-19-23-11-9-8-10-22(23)17-25(34)20-36;8-4-1-6(10)7(12-3-11)2-5(4)9;/h8-13,16,18,25,31,36H,4-7,14-15,17,19-20H2,1-3H3;1-2,11H,3H2;/q-1;;/t25-;;/m0../s1. The summed E-state index contributed by atoms with van der Waals surface area (Å²) in [5.41, 5.74) is 12.5. The molecule has 1 aromatic heterocycles. The molecule has 1 radical (unpaired) electrons. The molecule has 3 N–H and O–H groups in total. The first-order valence-corrected chi connectivity index (χ1v) is 17.7. The zero-order valence-corrected chi connectivity index (χ0v) is 32.6. The predicted octanol–water partition coefficient (Wildman–Crippen LogP) is 8.44. The summed E-state index contributed by atoms with van der Waals surface area (Å²) in [6, 6.07) is 17.1. The average Bonchev–Trinajstić information content (AvgIpc) is 3.50. The van der Waals surface area contributed by atoms with E-state index in [2.05, 4.69) is 18.9 Å². The van der Waals surface area contributed by atoms with Gasteiger partial charge in [0.15, 0.2) is 12.5 Å². The Bertz CT molecular complexity index is 1780. The number of aliphatic hydroxyl groups excluding tert-OH is 2. The molecule has 4 aromatic rings. The van der Waals surface area contributed by atoms with Crippen molar-refractivity contribution in [1.82, 2.24) is 19.6 Å². The van der Waals surface area contributed by atoms with Gasteiger partial charge in [-0.05, 0) is 55.5 Å². The number of nitrogens with zero attached hydrogens (tertiary/aromatic N) is 4. The normalized spacial score (nSPS) is 13.4. The molecule has 0 spiro atoms. The van der Waals surface area contributed by atoms with Crippen LogP contribution < -0.4 is 4.74 Å².